The number of rotatable bonds is 5. The normalized spacial score (nSPS) is 11.4. The van der Waals surface area contributed by atoms with Crippen LogP contribution in [-0.2, 0) is 10.0 Å². The zero-order chi connectivity index (χ0) is 21.3. The highest BCUT2D eigenvalue weighted by atomic mass is 32.2. The maximum Gasteiger partial charge on any atom is 0.268 e. The van der Waals surface area contributed by atoms with Gasteiger partial charge in [0.15, 0.2) is 0 Å². The third-order valence-corrected chi connectivity index (χ3v) is 6.34. The Balaban J connectivity index is 1.84. The number of nitrogens with zero attached hydrogens (tertiary/aromatic N) is 2. The lowest BCUT2D eigenvalue weighted by atomic mass is 10.1. The molecule has 2 aromatic heterocycles. The molecule has 0 amide bonds. The van der Waals surface area contributed by atoms with Gasteiger partial charge in [-0.05, 0) is 54.4 Å². The highest BCUT2D eigenvalue weighted by Gasteiger charge is 2.23. The second-order valence-corrected chi connectivity index (χ2v) is 8.47. The zero-order valence-electron chi connectivity index (χ0n) is 16.1. The van der Waals surface area contributed by atoms with Gasteiger partial charge in [0.2, 0.25) is 0 Å². The lowest BCUT2D eigenvalue weighted by molar-refractivity contribution is 0.413. The highest BCUT2D eigenvalue weighted by Crippen LogP contribution is 2.30. The van der Waals surface area contributed by atoms with Crippen molar-refractivity contribution in [2.75, 3.05) is 7.11 Å². The van der Waals surface area contributed by atoms with Gasteiger partial charge in [0.1, 0.15) is 11.6 Å². The number of ether oxygens (including phenoxy) is 1. The van der Waals surface area contributed by atoms with Gasteiger partial charge >= 0.3 is 0 Å². The molecule has 0 atom stereocenters. The standard InChI is InChI=1S/C23H18FN2O3S/c1-16-10-23(21-8-3-4-9-22(21)24)26(15-16)30(27,28)20-7-5-6-17(12-20)18-11-19(29-2)14-25-13-18/h3-15H,1H2,2H3. The van der Waals surface area contributed by atoms with Crippen LogP contribution in [-0.4, -0.2) is 24.5 Å². The van der Waals surface area contributed by atoms with Crippen LogP contribution >= 0.6 is 0 Å². The summed E-state index contributed by atoms with van der Waals surface area (Å²) >= 11 is 0. The Morgan fingerprint density at radius 1 is 1.00 bits per heavy atom. The average Bonchev–Trinajstić information content (AvgIpc) is 3.16. The topological polar surface area (TPSA) is 61.2 Å². The molecule has 0 aliphatic heterocycles. The number of pyridine rings is 1. The SMILES string of the molecule is [CH2]c1cc(-c2ccccc2F)n(S(=O)(=O)c2cccc(-c3cncc(OC)c3)c2)c1. The number of aromatic nitrogens is 2. The number of hydrogen-bond donors (Lipinski definition) is 0. The molecular formula is C23H18FN2O3S. The van der Waals surface area contributed by atoms with Crippen molar-refractivity contribution in [2.24, 2.45) is 0 Å². The van der Waals surface area contributed by atoms with Crippen LogP contribution < -0.4 is 4.74 Å². The summed E-state index contributed by atoms with van der Waals surface area (Å²) in [5.41, 5.74) is 2.24. The lowest BCUT2D eigenvalue weighted by Crippen LogP contribution is -2.13. The van der Waals surface area contributed by atoms with Crippen LogP contribution in [0.25, 0.3) is 22.4 Å². The summed E-state index contributed by atoms with van der Waals surface area (Å²) in [6, 6.07) is 15.8. The molecule has 0 N–H and O–H groups in total. The molecule has 1 radical (unpaired) electrons. The van der Waals surface area contributed by atoms with Crippen molar-refractivity contribution in [2.45, 2.75) is 4.90 Å². The van der Waals surface area contributed by atoms with Crippen molar-refractivity contribution in [3.8, 4) is 28.1 Å². The predicted molar refractivity (Wildman–Crippen MR) is 113 cm³/mol. The van der Waals surface area contributed by atoms with Crippen LogP contribution in [0.3, 0.4) is 0 Å². The second kappa shape index (κ2) is 7.76. The molecule has 2 aromatic carbocycles. The fourth-order valence-electron chi connectivity index (χ4n) is 3.20. The monoisotopic (exact) mass is 421 g/mol. The fraction of sp³-hybridized carbons (Fsp3) is 0.0435. The van der Waals surface area contributed by atoms with Crippen molar-refractivity contribution in [1.29, 1.82) is 0 Å². The van der Waals surface area contributed by atoms with Gasteiger partial charge < -0.3 is 4.74 Å². The molecule has 7 heteroatoms. The first-order valence-electron chi connectivity index (χ1n) is 9.04. The first-order chi connectivity index (χ1) is 14.4. The van der Waals surface area contributed by atoms with Gasteiger partial charge in [0, 0.05) is 23.5 Å². The van der Waals surface area contributed by atoms with Crippen molar-refractivity contribution >= 4 is 10.0 Å². The molecule has 0 fully saturated rings. The molecule has 0 saturated carbocycles. The second-order valence-electron chi connectivity index (χ2n) is 6.66. The molecule has 0 bridgehead atoms. The third kappa shape index (κ3) is 3.59. The van der Waals surface area contributed by atoms with E-state index in [9.17, 15) is 12.8 Å². The molecule has 4 rings (SSSR count). The minimum Gasteiger partial charge on any atom is -0.495 e. The van der Waals surface area contributed by atoms with Crippen LogP contribution in [0.1, 0.15) is 5.56 Å². The Morgan fingerprint density at radius 2 is 1.80 bits per heavy atom. The Bertz CT molecular complexity index is 1330. The smallest absolute Gasteiger partial charge is 0.268 e. The molecule has 0 spiro atoms. The maximum absolute atomic E-state index is 14.4. The average molecular weight is 421 g/mol. The number of halogens is 1. The molecule has 4 aromatic rings. The molecule has 2 heterocycles. The number of methoxy groups -OCH3 is 1. The Labute approximate surface area is 174 Å². The van der Waals surface area contributed by atoms with Crippen molar-refractivity contribution < 1.29 is 17.5 Å². The molecule has 151 valence electrons. The summed E-state index contributed by atoms with van der Waals surface area (Å²) in [5.74, 6) is 0.0537. The van der Waals surface area contributed by atoms with E-state index in [-0.39, 0.29) is 16.2 Å². The van der Waals surface area contributed by atoms with Crippen molar-refractivity contribution in [3.05, 3.63) is 97.6 Å². The summed E-state index contributed by atoms with van der Waals surface area (Å²) in [6.07, 6.45) is 4.58. The summed E-state index contributed by atoms with van der Waals surface area (Å²) in [6.45, 7) is 3.82. The zero-order valence-corrected chi connectivity index (χ0v) is 16.9. The van der Waals surface area contributed by atoms with Crippen LogP contribution in [0.4, 0.5) is 4.39 Å². The van der Waals surface area contributed by atoms with Gasteiger partial charge in [-0.25, -0.2) is 16.8 Å². The Morgan fingerprint density at radius 3 is 2.57 bits per heavy atom. The molecule has 0 unspecified atom stereocenters. The van der Waals surface area contributed by atoms with Crippen LogP contribution in [0.2, 0.25) is 0 Å². The predicted octanol–water partition coefficient (Wildman–Crippen LogP) is 4.78. The van der Waals surface area contributed by atoms with Gasteiger partial charge in [0.25, 0.3) is 10.0 Å². The van der Waals surface area contributed by atoms with Gasteiger partial charge in [-0.15, -0.1) is 0 Å². The maximum atomic E-state index is 14.4. The highest BCUT2D eigenvalue weighted by molar-refractivity contribution is 7.90. The van der Waals surface area contributed by atoms with Crippen LogP contribution in [0, 0.1) is 12.7 Å². The van der Waals surface area contributed by atoms with Crippen LogP contribution in [0.5, 0.6) is 5.75 Å². The summed E-state index contributed by atoms with van der Waals surface area (Å²) in [4.78, 5) is 4.18. The summed E-state index contributed by atoms with van der Waals surface area (Å²) in [7, 11) is -2.47. The van der Waals surface area contributed by atoms with E-state index in [1.807, 2.05) is 0 Å². The third-order valence-electron chi connectivity index (χ3n) is 4.67. The minimum absolute atomic E-state index is 0.0657. The largest absolute Gasteiger partial charge is 0.495 e. The fourth-order valence-corrected chi connectivity index (χ4v) is 4.64. The summed E-state index contributed by atoms with van der Waals surface area (Å²) in [5, 5.41) is 0. The minimum atomic E-state index is -4.00. The van der Waals surface area contributed by atoms with E-state index in [0.29, 0.717) is 22.4 Å². The molecule has 0 saturated heterocycles. The van der Waals surface area contributed by atoms with E-state index in [0.717, 1.165) is 3.97 Å². The quantitative estimate of drug-likeness (QED) is 0.465. The Kier molecular flexibility index (Phi) is 5.13. The summed E-state index contributed by atoms with van der Waals surface area (Å²) < 4.78 is 47.5. The molecular weight excluding hydrogens is 403 g/mol. The van der Waals surface area contributed by atoms with E-state index in [1.54, 1.807) is 54.9 Å². The van der Waals surface area contributed by atoms with Crippen LogP contribution in [0.15, 0.2) is 84.1 Å². The van der Waals surface area contributed by atoms with E-state index < -0.39 is 15.8 Å². The first kappa shape index (κ1) is 19.8. The lowest BCUT2D eigenvalue weighted by Gasteiger charge is -2.12. The Hall–Kier alpha value is -3.45. The van der Waals surface area contributed by atoms with Gasteiger partial charge in [-0.1, -0.05) is 24.3 Å². The van der Waals surface area contributed by atoms with Gasteiger partial charge in [-0.3, -0.25) is 4.98 Å². The number of hydrogen-bond acceptors (Lipinski definition) is 4. The number of benzene rings is 2. The van der Waals surface area contributed by atoms with Gasteiger partial charge in [-0.2, -0.15) is 0 Å². The van der Waals surface area contributed by atoms with E-state index in [2.05, 4.69) is 11.9 Å². The molecule has 5 nitrogen and oxygen atoms in total. The van der Waals surface area contributed by atoms with E-state index in [4.69, 9.17) is 4.74 Å². The van der Waals surface area contributed by atoms with Crippen molar-refractivity contribution in [1.82, 2.24) is 8.96 Å². The molecule has 0 aliphatic carbocycles. The van der Waals surface area contributed by atoms with Gasteiger partial charge in [0.05, 0.1) is 23.9 Å². The van der Waals surface area contributed by atoms with Crippen molar-refractivity contribution in [3.63, 3.8) is 0 Å². The molecule has 30 heavy (non-hydrogen) atoms. The van der Waals surface area contributed by atoms with E-state index >= 15 is 0 Å². The molecule has 0 aliphatic rings. The van der Waals surface area contributed by atoms with E-state index in [1.165, 1.54) is 31.5 Å². The first-order valence-corrected chi connectivity index (χ1v) is 10.5.